The van der Waals surface area contributed by atoms with E-state index in [0.717, 1.165) is 23.5 Å². The predicted octanol–water partition coefficient (Wildman–Crippen LogP) is 2.43. The molecule has 0 saturated carbocycles. The Morgan fingerprint density at radius 3 is 2.52 bits per heavy atom. The standard InChI is InChI=1S/C19H21N5O/c1-2-21-18(12-15-6-4-3-5-7-15)19(25)23-16-8-10-17(11-9-16)24-14-20-13-22-24/h3-11,13-14,18,21H,2,12H2,1H3,(H,23,25)/t18-/m0/s1. The maximum atomic E-state index is 12.6. The number of nitrogens with zero attached hydrogens (tertiary/aromatic N) is 3. The van der Waals surface area contributed by atoms with Crippen molar-refractivity contribution in [3.05, 3.63) is 72.8 Å². The average molecular weight is 335 g/mol. The molecule has 0 aliphatic rings. The molecule has 6 nitrogen and oxygen atoms in total. The second-order valence-corrected chi connectivity index (χ2v) is 5.68. The fourth-order valence-electron chi connectivity index (χ4n) is 2.62. The van der Waals surface area contributed by atoms with Crippen LogP contribution >= 0.6 is 0 Å². The summed E-state index contributed by atoms with van der Waals surface area (Å²) in [6.07, 6.45) is 3.77. The largest absolute Gasteiger partial charge is 0.325 e. The first-order valence-electron chi connectivity index (χ1n) is 8.29. The van der Waals surface area contributed by atoms with Crippen LogP contribution in [0.2, 0.25) is 0 Å². The van der Waals surface area contributed by atoms with E-state index < -0.39 is 0 Å². The third kappa shape index (κ3) is 4.51. The van der Waals surface area contributed by atoms with E-state index in [1.807, 2.05) is 61.5 Å². The van der Waals surface area contributed by atoms with E-state index in [2.05, 4.69) is 20.7 Å². The summed E-state index contributed by atoms with van der Waals surface area (Å²) >= 11 is 0. The minimum absolute atomic E-state index is 0.0424. The Kier molecular flexibility index (Phi) is 5.53. The third-order valence-corrected chi connectivity index (χ3v) is 3.87. The molecule has 128 valence electrons. The van der Waals surface area contributed by atoms with E-state index in [-0.39, 0.29) is 11.9 Å². The fourth-order valence-corrected chi connectivity index (χ4v) is 2.62. The molecule has 0 radical (unpaired) electrons. The zero-order valence-corrected chi connectivity index (χ0v) is 14.1. The summed E-state index contributed by atoms with van der Waals surface area (Å²) in [5, 5.41) is 10.3. The molecular formula is C19H21N5O. The molecule has 0 bridgehead atoms. The van der Waals surface area contributed by atoms with Gasteiger partial charge in [-0.2, -0.15) is 5.10 Å². The van der Waals surface area contributed by atoms with Gasteiger partial charge in [0.05, 0.1) is 11.7 Å². The molecule has 0 spiro atoms. The lowest BCUT2D eigenvalue weighted by atomic mass is 10.1. The first kappa shape index (κ1) is 16.9. The summed E-state index contributed by atoms with van der Waals surface area (Å²) < 4.78 is 1.67. The third-order valence-electron chi connectivity index (χ3n) is 3.87. The zero-order chi connectivity index (χ0) is 17.5. The van der Waals surface area contributed by atoms with Crippen LogP contribution in [0.4, 0.5) is 5.69 Å². The van der Waals surface area contributed by atoms with Crippen molar-refractivity contribution >= 4 is 11.6 Å². The van der Waals surface area contributed by atoms with Gasteiger partial charge in [-0.05, 0) is 42.8 Å². The van der Waals surface area contributed by atoms with E-state index >= 15 is 0 Å². The van der Waals surface area contributed by atoms with Gasteiger partial charge in [0, 0.05) is 5.69 Å². The van der Waals surface area contributed by atoms with Gasteiger partial charge in [0.25, 0.3) is 0 Å². The number of rotatable bonds is 7. The number of aromatic nitrogens is 3. The molecule has 0 unspecified atom stereocenters. The van der Waals surface area contributed by atoms with Crippen molar-refractivity contribution in [1.29, 1.82) is 0 Å². The molecule has 2 aromatic carbocycles. The zero-order valence-electron chi connectivity index (χ0n) is 14.1. The van der Waals surface area contributed by atoms with Crippen molar-refractivity contribution in [1.82, 2.24) is 20.1 Å². The highest BCUT2D eigenvalue weighted by Gasteiger charge is 2.18. The molecule has 0 saturated heterocycles. The lowest BCUT2D eigenvalue weighted by molar-refractivity contribution is -0.118. The summed E-state index contributed by atoms with van der Waals surface area (Å²) in [7, 11) is 0. The number of carbonyl (C=O) groups is 1. The van der Waals surface area contributed by atoms with E-state index in [4.69, 9.17) is 0 Å². The van der Waals surface area contributed by atoms with Crippen LogP contribution in [-0.4, -0.2) is 33.3 Å². The SMILES string of the molecule is CCN[C@@H](Cc1ccccc1)C(=O)Nc1ccc(-n2cncn2)cc1. The van der Waals surface area contributed by atoms with Crippen molar-refractivity contribution < 1.29 is 4.79 Å². The number of nitrogens with one attached hydrogen (secondary N) is 2. The fraction of sp³-hybridized carbons (Fsp3) is 0.211. The molecule has 6 heteroatoms. The highest BCUT2D eigenvalue weighted by Crippen LogP contribution is 2.13. The quantitative estimate of drug-likeness (QED) is 0.696. The second-order valence-electron chi connectivity index (χ2n) is 5.68. The lowest BCUT2D eigenvalue weighted by Gasteiger charge is -2.18. The molecular weight excluding hydrogens is 314 g/mol. The lowest BCUT2D eigenvalue weighted by Crippen LogP contribution is -2.42. The topological polar surface area (TPSA) is 71.8 Å². The molecule has 3 rings (SSSR count). The van der Waals surface area contributed by atoms with Gasteiger partial charge in [-0.1, -0.05) is 37.3 Å². The molecule has 1 amide bonds. The molecule has 0 fully saturated rings. The maximum Gasteiger partial charge on any atom is 0.241 e. The van der Waals surface area contributed by atoms with Crippen LogP contribution < -0.4 is 10.6 Å². The first-order valence-corrected chi connectivity index (χ1v) is 8.29. The Morgan fingerprint density at radius 2 is 1.88 bits per heavy atom. The molecule has 2 N–H and O–H groups in total. The van der Waals surface area contributed by atoms with E-state index in [0.29, 0.717) is 6.42 Å². The molecule has 0 aliphatic heterocycles. The summed E-state index contributed by atoms with van der Waals surface area (Å²) in [4.78, 5) is 16.5. The molecule has 3 aromatic rings. The molecule has 0 aliphatic carbocycles. The first-order chi connectivity index (χ1) is 12.3. The van der Waals surface area contributed by atoms with Crippen molar-refractivity contribution in [2.75, 3.05) is 11.9 Å². The van der Waals surface area contributed by atoms with Gasteiger partial charge in [-0.3, -0.25) is 4.79 Å². The van der Waals surface area contributed by atoms with E-state index in [9.17, 15) is 4.79 Å². The van der Waals surface area contributed by atoms with Gasteiger partial charge < -0.3 is 10.6 Å². The summed E-state index contributed by atoms with van der Waals surface area (Å²) in [5.41, 5.74) is 2.78. The summed E-state index contributed by atoms with van der Waals surface area (Å²) in [6.45, 7) is 2.73. The highest BCUT2D eigenvalue weighted by molar-refractivity contribution is 5.95. The van der Waals surface area contributed by atoms with Crippen LogP contribution in [0.1, 0.15) is 12.5 Å². The minimum Gasteiger partial charge on any atom is -0.325 e. The normalized spacial score (nSPS) is 11.9. The number of anilines is 1. The van der Waals surface area contributed by atoms with Crippen molar-refractivity contribution in [2.45, 2.75) is 19.4 Å². The molecule has 25 heavy (non-hydrogen) atoms. The van der Waals surface area contributed by atoms with Crippen molar-refractivity contribution in [2.24, 2.45) is 0 Å². The van der Waals surface area contributed by atoms with Crippen molar-refractivity contribution in [3.63, 3.8) is 0 Å². The van der Waals surface area contributed by atoms with Gasteiger partial charge in [0.15, 0.2) is 0 Å². The molecule has 1 atom stereocenters. The van der Waals surface area contributed by atoms with Crippen LogP contribution in [-0.2, 0) is 11.2 Å². The van der Waals surface area contributed by atoms with Gasteiger partial charge in [-0.25, -0.2) is 9.67 Å². The smallest absolute Gasteiger partial charge is 0.241 e. The van der Waals surface area contributed by atoms with Crippen LogP contribution in [0.15, 0.2) is 67.3 Å². The van der Waals surface area contributed by atoms with Crippen LogP contribution in [0.25, 0.3) is 5.69 Å². The highest BCUT2D eigenvalue weighted by atomic mass is 16.2. The van der Waals surface area contributed by atoms with E-state index in [1.165, 1.54) is 6.33 Å². The van der Waals surface area contributed by atoms with Gasteiger partial charge in [0.1, 0.15) is 12.7 Å². The number of hydrogen-bond donors (Lipinski definition) is 2. The summed E-state index contributed by atoms with van der Waals surface area (Å²) in [6, 6.07) is 17.2. The number of amides is 1. The van der Waals surface area contributed by atoms with Crippen LogP contribution in [0.3, 0.4) is 0 Å². The Labute approximate surface area is 146 Å². The van der Waals surface area contributed by atoms with Gasteiger partial charge in [-0.15, -0.1) is 0 Å². The average Bonchev–Trinajstić information content (AvgIpc) is 3.17. The number of hydrogen-bond acceptors (Lipinski definition) is 4. The molecule has 1 heterocycles. The van der Waals surface area contributed by atoms with Gasteiger partial charge in [0.2, 0.25) is 5.91 Å². The Balaban J connectivity index is 1.66. The number of likely N-dealkylation sites (N-methyl/N-ethyl adjacent to an activating group) is 1. The monoisotopic (exact) mass is 335 g/mol. The Bertz CT molecular complexity index is 784. The minimum atomic E-state index is -0.276. The van der Waals surface area contributed by atoms with E-state index in [1.54, 1.807) is 11.0 Å². The maximum absolute atomic E-state index is 12.6. The predicted molar refractivity (Wildman–Crippen MR) is 97.6 cm³/mol. The number of benzene rings is 2. The molecule has 1 aromatic heterocycles. The second kappa shape index (κ2) is 8.21. The number of carbonyl (C=O) groups excluding carboxylic acids is 1. The Morgan fingerprint density at radius 1 is 1.12 bits per heavy atom. The van der Waals surface area contributed by atoms with Crippen LogP contribution in [0.5, 0.6) is 0 Å². The van der Waals surface area contributed by atoms with Gasteiger partial charge >= 0.3 is 0 Å². The van der Waals surface area contributed by atoms with Crippen LogP contribution in [0, 0.1) is 0 Å². The van der Waals surface area contributed by atoms with Crippen molar-refractivity contribution in [3.8, 4) is 5.69 Å². The summed E-state index contributed by atoms with van der Waals surface area (Å²) in [5.74, 6) is -0.0424. The Hall–Kier alpha value is -2.99.